The van der Waals surface area contributed by atoms with E-state index in [1.165, 1.54) is 0 Å². The van der Waals surface area contributed by atoms with Gasteiger partial charge in [0.05, 0.1) is 5.75 Å². The van der Waals surface area contributed by atoms with Crippen LogP contribution in [-0.2, 0) is 5.75 Å². The molecule has 5 heteroatoms. The van der Waals surface area contributed by atoms with E-state index in [4.69, 9.17) is 4.42 Å². The van der Waals surface area contributed by atoms with Crippen LogP contribution in [0.15, 0.2) is 9.64 Å². The Morgan fingerprint density at radius 2 is 2.15 bits per heavy atom. The maximum atomic E-state index is 5.39. The molecule has 0 radical (unpaired) electrons. The lowest BCUT2D eigenvalue weighted by atomic mass is 10.3. The topological polar surface area (TPSA) is 38.9 Å². The molecule has 1 rings (SSSR count). The predicted octanol–water partition coefficient (Wildman–Crippen LogP) is 2.68. The molecule has 1 heterocycles. The highest BCUT2D eigenvalue weighted by atomic mass is 32.2. The first kappa shape index (κ1) is 10.9. The van der Waals surface area contributed by atoms with Crippen LogP contribution in [0.4, 0.5) is 0 Å². The van der Waals surface area contributed by atoms with Gasteiger partial charge in [0.1, 0.15) is 0 Å². The van der Waals surface area contributed by atoms with Crippen molar-refractivity contribution in [3.8, 4) is 0 Å². The molecule has 0 atom stereocenters. The number of hydrogen-bond donors (Lipinski definition) is 0. The largest absolute Gasteiger partial charge is 0.415 e. The van der Waals surface area contributed by atoms with Gasteiger partial charge in [-0.25, -0.2) is 0 Å². The van der Waals surface area contributed by atoms with E-state index in [9.17, 15) is 0 Å². The molecule has 3 nitrogen and oxygen atoms in total. The molecule has 1 aromatic rings. The van der Waals surface area contributed by atoms with Gasteiger partial charge in [0.25, 0.3) is 5.22 Å². The molecule has 0 spiro atoms. The van der Waals surface area contributed by atoms with Crippen LogP contribution in [0.3, 0.4) is 0 Å². The number of rotatable bonds is 5. The van der Waals surface area contributed by atoms with E-state index in [-0.39, 0.29) is 0 Å². The van der Waals surface area contributed by atoms with E-state index >= 15 is 0 Å². The van der Waals surface area contributed by atoms with Gasteiger partial charge in [0.2, 0.25) is 5.89 Å². The first-order valence-electron chi connectivity index (χ1n) is 4.16. The smallest absolute Gasteiger partial charge is 0.276 e. The van der Waals surface area contributed by atoms with E-state index in [0.717, 1.165) is 17.4 Å². The normalized spacial score (nSPS) is 11.1. The summed E-state index contributed by atoms with van der Waals surface area (Å²) in [4.78, 5) is 0. The van der Waals surface area contributed by atoms with Crippen molar-refractivity contribution in [3.63, 3.8) is 0 Å². The average molecular weight is 218 g/mol. The summed E-state index contributed by atoms with van der Waals surface area (Å²) in [5.41, 5.74) is 0. The summed E-state index contributed by atoms with van der Waals surface area (Å²) in [7, 11) is 0. The van der Waals surface area contributed by atoms with Gasteiger partial charge < -0.3 is 4.42 Å². The molecular formula is C8H14N2OS2. The summed E-state index contributed by atoms with van der Waals surface area (Å²) in [6.45, 7) is 4.35. The van der Waals surface area contributed by atoms with E-state index < -0.39 is 0 Å². The molecule has 0 N–H and O–H groups in total. The Kier molecular flexibility index (Phi) is 4.66. The maximum Gasteiger partial charge on any atom is 0.276 e. The summed E-state index contributed by atoms with van der Waals surface area (Å²) in [5.74, 6) is 3.20. The molecule has 0 bridgehead atoms. The van der Waals surface area contributed by atoms with E-state index in [2.05, 4.69) is 24.0 Å². The molecule has 0 aliphatic heterocycles. The van der Waals surface area contributed by atoms with Crippen LogP contribution >= 0.6 is 23.5 Å². The second kappa shape index (κ2) is 5.54. The highest BCUT2D eigenvalue weighted by Crippen LogP contribution is 2.20. The fraction of sp³-hybridized carbons (Fsp3) is 0.750. The van der Waals surface area contributed by atoms with Crippen molar-refractivity contribution < 1.29 is 4.42 Å². The number of aromatic nitrogens is 2. The van der Waals surface area contributed by atoms with Crippen LogP contribution in [0.1, 0.15) is 19.7 Å². The molecule has 0 fully saturated rings. The summed E-state index contributed by atoms with van der Waals surface area (Å²) in [6, 6.07) is 0. The van der Waals surface area contributed by atoms with Crippen molar-refractivity contribution >= 4 is 23.5 Å². The Morgan fingerprint density at radius 1 is 1.38 bits per heavy atom. The van der Waals surface area contributed by atoms with Crippen molar-refractivity contribution in [2.75, 3.05) is 12.0 Å². The lowest BCUT2D eigenvalue weighted by Gasteiger charge is -1.98. The molecular weight excluding hydrogens is 204 g/mol. The van der Waals surface area contributed by atoms with Crippen molar-refractivity contribution in [2.24, 2.45) is 5.92 Å². The van der Waals surface area contributed by atoms with Gasteiger partial charge in [-0.3, -0.25) is 0 Å². The number of nitrogens with zero attached hydrogens (tertiary/aromatic N) is 2. The van der Waals surface area contributed by atoms with Crippen LogP contribution in [0.5, 0.6) is 0 Å². The van der Waals surface area contributed by atoms with Crippen molar-refractivity contribution in [3.05, 3.63) is 5.89 Å². The molecule has 1 aromatic heterocycles. The highest BCUT2D eigenvalue weighted by Gasteiger charge is 2.06. The Morgan fingerprint density at radius 3 is 2.77 bits per heavy atom. The minimum Gasteiger partial charge on any atom is -0.415 e. The third kappa shape index (κ3) is 4.04. The number of thioether (sulfide) groups is 2. The summed E-state index contributed by atoms with van der Waals surface area (Å²) in [5, 5.41) is 8.56. The Bertz CT molecular complexity index is 250. The second-order valence-electron chi connectivity index (χ2n) is 3.10. The minimum absolute atomic E-state index is 0.654. The lowest BCUT2D eigenvalue weighted by Crippen LogP contribution is -1.89. The fourth-order valence-corrected chi connectivity index (χ4v) is 1.81. The first-order valence-corrected chi connectivity index (χ1v) is 6.54. The van der Waals surface area contributed by atoms with Crippen molar-refractivity contribution in [2.45, 2.75) is 24.8 Å². The highest BCUT2D eigenvalue weighted by molar-refractivity contribution is 7.99. The minimum atomic E-state index is 0.654. The number of hydrogen-bond acceptors (Lipinski definition) is 5. The molecule has 13 heavy (non-hydrogen) atoms. The lowest BCUT2D eigenvalue weighted by molar-refractivity contribution is 0.426. The van der Waals surface area contributed by atoms with Crippen LogP contribution in [0.25, 0.3) is 0 Å². The Balaban J connectivity index is 2.39. The zero-order valence-electron chi connectivity index (χ0n) is 8.11. The fourth-order valence-electron chi connectivity index (χ4n) is 0.716. The first-order chi connectivity index (χ1) is 6.22. The Hall–Kier alpha value is -0.160. The standard InChI is InChI=1S/C8H14N2OS2/c1-6(2)4-13-8-10-9-7(11-8)5-12-3/h6H,4-5H2,1-3H3. The summed E-state index contributed by atoms with van der Waals surface area (Å²) in [6.07, 6.45) is 2.02. The SMILES string of the molecule is CSCc1nnc(SCC(C)C)o1. The average Bonchev–Trinajstić information content (AvgIpc) is 2.50. The van der Waals surface area contributed by atoms with Gasteiger partial charge in [-0.1, -0.05) is 25.6 Å². The van der Waals surface area contributed by atoms with Gasteiger partial charge in [0, 0.05) is 5.75 Å². The molecule has 0 saturated carbocycles. The quantitative estimate of drug-likeness (QED) is 0.710. The van der Waals surface area contributed by atoms with Crippen molar-refractivity contribution in [1.82, 2.24) is 10.2 Å². The van der Waals surface area contributed by atoms with Crippen LogP contribution in [0.2, 0.25) is 0 Å². The molecule has 0 amide bonds. The predicted molar refractivity (Wildman–Crippen MR) is 57.1 cm³/mol. The Labute approximate surface area is 87.1 Å². The molecule has 0 aromatic carbocycles. The van der Waals surface area contributed by atoms with Gasteiger partial charge in [0.15, 0.2) is 0 Å². The zero-order valence-corrected chi connectivity index (χ0v) is 9.74. The third-order valence-corrected chi connectivity index (χ3v) is 3.04. The van der Waals surface area contributed by atoms with E-state index in [0.29, 0.717) is 11.1 Å². The van der Waals surface area contributed by atoms with Gasteiger partial charge in [-0.2, -0.15) is 11.8 Å². The van der Waals surface area contributed by atoms with Crippen molar-refractivity contribution in [1.29, 1.82) is 0 Å². The second-order valence-corrected chi connectivity index (χ2v) is 4.94. The third-order valence-electron chi connectivity index (χ3n) is 1.26. The molecule has 0 unspecified atom stereocenters. The van der Waals surface area contributed by atoms with Gasteiger partial charge in [-0.05, 0) is 12.2 Å². The van der Waals surface area contributed by atoms with Gasteiger partial charge in [-0.15, -0.1) is 10.2 Å². The van der Waals surface area contributed by atoms with E-state index in [1.54, 1.807) is 23.5 Å². The summed E-state index contributed by atoms with van der Waals surface area (Å²) >= 11 is 3.31. The summed E-state index contributed by atoms with van der Waals surface area (Å²) < 4.78 is 5.39. The van der Waals surface area contributed by atoms with Crippen LogP contribution < -0.4 is 0 Å². The molecule has 0 aliphatic carbocycles. The molecule has 0 aliphatic rings. The molecule has 74 valence electrons. The monoisotopic (exact) mass is 218 g/mol. The van der Waals surface area contributed by atoms with Crippen LogP contribution in [-0.4, -0.2) is 22.2 Å². The zero-order chi connectivity index (χ0) is 9.68. The van der Waals surface area contributed by atoms with Gasteiger partial charge >= 0.3 is 0 Å². The van der Waals surface area contributed by atoms with E-state index in [1.807, 2.05) is 6.26 Å². The van der Waals surface area contributed by atoms with Crippen LogP contribution in [0, 0.1) is 5.92 Å². The molecule has 0 saturated heterocycles. The maximum absolute atomic E-state index is 5.39.